The molecule has 67 heavy (non-hydrogen) atoms. The first-order valence-electron chi connectivity index (χ1n) is 29.4. The van der Waals surface area contributed by atoms with E-state index in [-0.39, 0.29) is 24.9 Å². The fourth-order valence-corrected chi connectivity index (χ4v) is 9.09. The monoisotopic (exact) mass is 940 g/mol. The van der Waals surface area contributed by atoms with Crippen molar-refractivity contribution in [3.63, 3.8) is 0 Å². The van der Waals surface area contributed by atoms with Gasteiger partial charge in [0, 0.05) is 6.42 Å². The van der Waals surface area contributed by atoms with E-state index in [1.807, 2.05) is 18.2 Å². The van der Waals surface area contributed by atoms with E-state index in [0.717, 1.165) is 70.6 Å². The average Bonchev–Trinajstić information content (AvgIpc) is 3.32. The molecule has 0 aliphatic heterocycles. The maximum absolute atomic E-state index is 13.3. The molecule has 0 heterocycles. The third-order valence-corrected chi connectivity index (χ3v) is 13.5. The van der Waals surface area contributed by atoms with E-state index in [4.69, 9.17) is 4.74 Å². The molecule has 0 aromatic heterocycles. The van der Waals surface area contributed by atoms with Crippen molar-refractivity contribution in [1.29, 1.82) is 0 Å². The number of carbonyl (C=O) groups excluding carboxylic acids is 2. The number of nitrogens with one attached hydrogen (secondary N) is 1. The summed E-state index contributed by atoms with van der Waals surface area (Å²) in [4.78, 5) is 26.3. The molecule has 0 radical (unpaired) electrons. The van der Waals surface area contributed by atoms with Crippen LogP contribution in [0.4, 0.5) is 0 Å². The van der Waals surface area contributed by atoms with E-state index in [1.54, 1.807) is 0 Å². The maximum Gasteiger partial charge on any atom is 0.306 e. The number of amides is 1. The predicted molar refractivity (Wildman–Crippen MR) is 292 cm³/mol. The molecule has 0 aliphatic rings. The third-order valence-electron chi connectivity index (χ3n) is 13.5. The van der Waals surface area contributed by atoms with Gasteiger partial charge in [0.05, 0.1) is 25.2 Å². The molecule has 0 aromatic carbocycles. The van der Waals surface area contributed by atoms with Crippen LogP contribution in [-0.2, 0) is 14.3 Å². The fourth-order valence-electron chi connectivity index (χ4n) is 9.09. The number of carbonyl (C=O) groups is 2. The quantitative estimate of drug-likeness (QED) is 0.0321. The van der Waals surface area contributed by atoms with Crippen molar-refractivity contribution in [2.24, 2.45) is 0 Å². The van der Waals surface area contributed by atoms with Crippen LogP contribution in [-0.4, -0.2) is 46.9 Å². The molecule has 3 unspecified atom stereocenters. The molecule has 0 bridgehead atoms. The molecule has 3 N–H and O–H groups in total. The second-order valence-corrected chi connectivity index (χ2v) is 20.1. The number of aliphatic hydroxyl groups is 2. The van der Waals surface area contributed by atoms with Gasteiger partial charge in [-0.1, -0.05) is 294 Å². The van der Waals surface area contributed by atoms with E-state index >= 15 is 0 Å². The molecule has 0 saturated carbocycles. The van der Waals surface area contributed by atoms with Gasteiger partial charge in [0.25, 0.3) is 0 Å². The fraction of sp³-hybridized carbons (Fsp3) is 0.836. The Morgan fingerprint density at radius 2 is 0.806 bits per heavy atom. The lowest BCUT2D eigenvalue weighted by Gasteiger charge is -2.24. The highest BCUT2D eigenvalue weighted by Crippen LogP contribution is 2.19. The summed E-state index contributed by atoms with van der Waals surface area (Å²) >= 11 is 0. The first-order valence-corrected chi connectivity index (χ1v) is 29.4. The molecule has 6 nitrogen and oxygen atoms in total. The number of esters is 1. The summed E-state index contributed by atoms with van der Waals surface area (Å²) in [7, 11) is 0. The smallest absolute Gasteiger partial charge is 0.306 e. The van der Waals surface area contributed by atoms with Gasteiger partial charge in [0.1, 0.15) is 6.10 Å². The molecule has 0 spiro atoms. The highest BCUT2D eigenvalue weighted by Gasteiger charge is 2.24. The summed E-state index contributed by atoms with van der Waals surface area (Å²) < 4.78 is 5.96. The normalized spacial score (nSPS) is 13.4. The van der Waals surface area contributed by atoms with Crippen molar-refractivity contribution in [3.8, 4) is 0 Å². The Kier molecular flexibility index (Phi) is 53.0. The Hall–Kier alpha value is -2.18. The summed E-state index contributed by atoms with van der Waals surface area (Å²) in [5, 5.41) is 23.9. The van der Waals surface area contributed by atoms with Gasteiger partial charge in [-0.3, -0.25) is 9.59 Å². The van der Waals surface area contributed by atoms with Gasteiger partial charge >= 0.3 is 5.97 Å². The Morgan fingerprint density at radius 3 is 1.22 bits per heavy atom. The first-order chi connectivity index (χ1) is 33.0. The van der Waals surface area contributed by atoms with Crippen molar-refractivity contribution >= 4 is 11.9 Å². The highest BCUT2D eigenvalue weighted by molar-refractivity contribution is 5.77. The third kappa shape index (κ3) is 50.0. The number of rotatable bonds is 53. The first kappa shape index (κ1) is 64.8. The molecule has 0 aliphatic carbocycles. The summed E-state index contributed by atoms with van der Waals surface area (Å²) in [6.07, 6.45) is 67.5. The van der Waals surface area contributed by atoms with Crippen LogP contribution in [0, 0.1) is 0 Å². The number of allylic oxidation sites excluding steroid dienone is 8. The molecule has 0 saturated heterocycles. The standard InChI is InChI=1S/C61H113NO5/c1-4-7-10-13-16-19-22-25-28-30-33-35-38-41-44-47-50-53-59(64)58(56-63)62-60(65)55-57(52-49-46-43-40-37-34-32-29-26-23-20-17-14-11-8-5-2)67-61(66)54-51-48-45-42-39-36-31-27-24-21-18-15-12-9-6-3/h9,12,15,18,21,24,27,31,57-59,63-64H,4-8,10-11,13-14,16-17,19-20,22-23,25-26,28-30,32-56H2,1-3H3,(H,62,65)/b12-9+,18-15+,24-21+,31-27-. The SMILES string of the molecule is CC/C=C/C=C/C=C/C=C\CCCCCCCC(=O)OC(CCCCCCCCCCCCCCCCCC)CC(=O)NC(CO)C(O)CCCCCCCCCCCCCCCCCCC. The van der Waals surface area contributed by atoms with Crippen LogP contribution in [0.5, 0.6) is 0 Å². The van der Waals surface area contributed by atoms with Gasteiger partial charge in [0.2, 0.25) is 5.91 Å². The summed E-state index contributed by atoms with van der Waals surface area (Å²) in [5.74, 6) is -0.485. The van der Waals surface area contributed by atoms with Crippen LogP contribution in [0.3, 0.4) is 0 Å². The van der Waals surface area contributed by atoms with Crippen molar-refractivity contribution in [1.82, 2.24) is 5.32 Å². The van der Waals surface area contributed by atoms with Crippen LogP contribution in [0.15, 0.2) is 48.6 Å². The minimum atomic E-state index is -0.792. The Labute approximate surface area is 416 Å². The number of hydrogen-bond donors (Lipinski definition) is 3. The Morgan fingerprint density at radius 1 is 0.448 bits per heavy atom. The molecule has 392 valence electrons. The van der Waals surface area contributed by atoms with E-state index in [0.29, 0.717) is 19.3 Å². The second kappa shape index (κ2) is 54.8. The number of aliphatic hydroxyl groups excluding tert-OH is 2. The highest BCUT2D eigenvalue weighted by atomic mass is 16.5. The lowest BCUT2D eigenvalue weighted by Crippen LogP contribution is -2.46. The van der Waals surface area contributed by atoms with Crippen molar-refractivity contribution in [2.45, 2.75) is 322 Å². The second-order valence-electron chi connectivity index (χ2n) is 20.1. The zero-order chi connectivity index (χ0) is 48.8. The van der Waals surface area contributed by atoms with Gasteiger partial charge in [-0.05, 0) is 44.9 Å². The van der Waals surface area contributed by atoms with Gasteiger partial charge in [-0.2, -0.15) is 0 Å². The minimum Gasteiger partial charge on any atom is -0.462 e. The minimum absolute atomic E-state index is 0.0712. The van der Waals surface area contributed by atoms with Crippen LogP contribution < -0.4 is 5.32 Å². The number of hydrogen-bond acceptors (Lipinski definition) is 5. The molecule has 6 heteroatoms. The van der Waals surface area contributed by atoms with Gasteiger partial charge in [-0.15, -0.1) is 0 Å². The van der Waals surface area contributed by atoms with Crippen LogP contribution in [0.25, 0.3) is 0 Å². The molecule has 1 amide bonds. The molecular weight excluding hydrogens is 827 g/mol. The Bertz CT molecular complexity index is 1150. The lowest BCUT2D eigenvalue weighted by atomic mass is 10.0. The molecule has 0 fully saturated rings. The van der Waals surface area contributed by atoms with E-state index in [1.165, 1.54) is 186 Å². The van der Waals surface area contributed by atoms with Crippen LogP contribution >= 0.6 is 0 Å². The van der Waals surface area contributed by atoms with Gasteiger partial charge < -0.3 is 20.3 Å². The van der Waals surface area contributed by atoms with Gasteiger partial charge in [-0.25, -0.2) is 0 Å². The maximum atomic E-state index is 13.3. The van der Waals surface area contributed by atoms with E-state index < -0.39 is 18.2 Å². The number of unbranched alkanes of at least 4 members (excludes halogenated alkanes) is 36. The summed E-state index contributed by atoms with van der Waals surface area (Å²) in [6.45, 7) is 6.38. The zero-order valence-corrected chi connectivity index (χ0v) is 44.8. The van der Waals surface area contributed by atoms with Crippen molar-refractivity contribution in [3.05, 3.63) is 48.6 Å². The van der Waals surface area contributed by atoms with Crippen LogP contribution in [0.2, 0.25) is 0 Å². The van der Waals surface area contributed by atoms with Gasteiger partial charge in [0.15, 0.2) is 0 Å². The predicted octanol–water partition coefficient (Wildman–Crippen LogP) is 18.2. The molecule has 3 atom stereocenters. The molecular formula is C61H113NO5. The Balaban J connectivity index is 4.54. The van der Waals surface area contributed by atoms with E-state index in [9.17, 15) is 19.8 Å². The van der Waals surface area contributed by atoms with Crippen molar-refractivity contribution in [2.75, 3.05) is 6.61 Å². The summed E-state index contributed by atoms with van der Waals surface area (Å²) in [6, 6.07) is -0.706. The number of ether oxygens (including phenoxy) is 1. The summed E-state index contributed by atoms with van der Waals surface area (Å²) in [5.41, 5.74) is 0. The average molecular weight is 941 g/mol. The topological polar surface area (TPSA) is 95.9 Å². The zero-order valence-electron chi connectivity index (χ0n) is 44.8. The largest absolute Gasteiger partial charge is 0.462 e. The van der Waals surface area contributed by atoms with E-state index in [2.05, 4.69) is 56.5 Å². The van der Waals surface area contributed by atoms with Crippen LogP contribution in [0.1, 0.15) is 303 Å². The molecule has 0 rings (SSSR count). The van der Waals surface area contributed by atoms with Crippen molar-refractivity contribution < 1.29 is 24.5 Å². The molecule has 0 aromatic rings. The lowest BCUT2D eigenvalue weighted by molar-refractivity contribution is -0.151.